The van der Waals surface area contributed by atoms with Gasteiger partial charge < -0.3 is 24.8 Å². The summed E-state index contributed by atoms with van der Waals surface area (Å²) in [5.74, 6) is 0. The Hall–Kier alpha value is -0.877. The molecule has 6 aliphatic rings. The Balaban J connectivity index is 0.00000221. The van der Waals surface area contributed by atoms with Gasteiger partial charge in [-0.05, 0) is 0 Å². The molecule has 0 aromatic carbocycles. The number of hydrogen-bond donors (Lipinski definition) is 0. The summed E-state index contributed by atoms with van der Waals surface area (Å²) in [4.78, 5) is 0. The summed E-state index contributed by atoms with van der Waals surface area (Å²) in [7, 11) is 0. The van der Waals surface area contributed by atoms with Crippen LogP contribution in [0.5, 0.6) is 0 Å². The standard InChI is InChI=1S/C41H53.2ClH.Zr/c1-27(2)32-25-31-26-39(11)37(9)22-15-14-20-35(37,7)36(8)21-16-17-23-38(36,10)41(39,13)40(31,12)28(3)33(32)29-18-19-30(24-29)34(4,5)6;;;/h14-17,19-26H,18H2,1-13H3;2*1H;/q;;;+2/p-2. The molecule has 0 N–H and O–H groups in total. The van der Waals surface area contributed by atoms with Crippen molar-refractivity contribution in [3.8, 4) is 0 Å². The minimum Gasteiger partial charge on any atom is -1.00 e. The van der Waals surface area contributed by atoms with E-state index >= 15 is 0 Å². The van der Waals surface area contributed by atoms with E-state index in [0.717, 1.165) is 6.42 Å². The summed E-state index contributed by atoms with van der Waals surface area (Å²) >= 11 is 1.64. The molecule has 235 valence electrons. The van der Waals surface area contributed by atoms with Gasteiger partial charge in [-0.3, -0.25) is 0 Å². The van der Waals surface area contributed by atoms with Crippen LogP contribution in [0.25, 0.3) is 0 Å². The van der Waals surface area contributed by atoms with Gasteiger partial charge in [-0.15, -0.1) is 0 Å². The van der Waals surface area contributed by atoms with Crippen LogP contribution in [0, 0.1) is 43.3 Å². The van der Waals surface area contributed by atoms with E-state index in [1.54, 1.807) is 35.9 Å². The maximum Gasteiger partial charge on any atom is -1.00 e. The monoisotopic (exact) mass is 705 g/mol. The van der Waals surface area contributed by atoms with Crippen LogP contribution in [0.4, 0.5) is 0 Å². The number of fused-ring (bicyclic) bond motifs is 8. The molecule has 2 fully saturated rings. The molecule has 0 radical (unpaired) electrons. The fourth-order valence-corrected chi connectivity index (χ4v) is 14.0. The van der Waals surface area contributed by atoms with E-state index in [2.05, 4.69) is 157 Å². The van der Waals surface area contributed by atoms with E-state index in [9.17, 15) is 0 Å². The summed E-state index contributed by atoms with van der Waals surface area (Å²) in [5.41, 5.74) is 10.6. The maximum absolute atomic E-state index is 2.72. The second-order valence-electron chi connectivity index (χ2n) is 16.9. The largest absolute Gasteiger partial charge is 1.00 e. The molecule has 0 saturated heterocycles. The minimum absolute atomic E-state index is 0. The smallest absolute Gasteiger partial charge is 1.00 e. The summed E-state index contributed by atoms with van der Waals surface area (Å²) in [5, 5.41) is 0. The van der Waals surface area contributed by atoms with Gasteiger partial charge in [0.15, 0.2) is 0 Å². The van der Waals surface area contributed by atoms with Crippen molar-refractivity contribution < 1.29 is 49.5 Å². The van der Waals surface area contributed by atoms with Gasteiger partial charge in [0.1, 0.15) is 0 Å². The van der Waals surface area contributed by atoms with Gasteiger partial charge in [-0.25, -0.2) is 0 Å². The van der Waals surface area contributed by atoms with E-state index in [4.69, 9.17) is 0 Å². The third-order valence-corrected chi connectivity index (χ3v) is 17.3. The van der Waals surface area contributed by atoms with Crippen LogP contribution < -0.4 is 24.8 Å². The summed E-state index contributed by atoms with van der Waals surface area (Å²) < 4.78 is 0.507. The molecule has 0 nitrogen and oxygen atoms in total. The van der Waals surface area contributed by atoms with Crippen molar-refractivity contribution in [3.63, 3.8) is 0 Å². The molecule has 8 unspecified atom stereocenters. The topological polar surface area (TPSA) is 0 Å². The second kappa shape index (κ2) is 10.3. The van der Waals surface area contributed by atoms with Gasteiger partial charge in [-0.1, -0.05) is 0 Å². The Labute approximate surface area is 296 Å². The fraction of sp³-hybridized carbons (Fsp3) is 0.561. The molecule has 8 atom stereocenters. The summed E-state index contributed by atoms with van der Waals surface area (Å²) in [6, 6.07) is 0. The minimum atomic E-state index is -0.0830. The van der Waals surface area contributed by atoms with Crippen molar-refractivity contribution in [3.05, 3.63) is 106 Å². The molecule has 6 rings (SSSR count). The van der Waals surface area contributed by atoms with Gasteiger partial charge in [0.2, 0.25) is 0 Å². The van der Waals surface area contributed by atoms with E-state index in [1.807, 2.05) is 0 Å². The van der Waals surface area contributed by atoms with Crippen molar-refractivity contribution in [2.24, 2.45) is 43.3 Å². The van der Waals surface area contributed by atoms with E-state index < -0.39 is 0 Å². The average molecular weight is 708 g/mol. The molecule has 0 heterocycles. The molecule has 3 heteroatoms. The van der Waals surface area contributed by atoms with E-state index in [0.29, 0.717) is 3.63 Å². The molecule has 0 spiro atoms. The summed E-state index contributed by atoms with van der Waals surface area (Å²) in [6.45, 7) is 32.8. The van der Waals surface area contributed by atoms with Crippen molar-refractivity contribution in [2.45, 2.75) is 100 Å². The number of hydrogen-bond acceptors (Lipinski definition) is 0. The molecular formula is C41H53Cl2Zr. The molecule has 0 aliphatic heterocycles. The zero-order valence-electron chi connectivity index (χ0n) is 29.4. The first-order valence-corrected chi connectivity index (χ1v) is 17.6. The van der Waals surface area contributed by atoms with E-state index in [1.165, 1.54) is 27.9 Å². The Bertz CT molecular complexity index is 1580. The SMILES string of the molecule is CC(C)=C1C=C2[CH]([Zr+2])C3(C)C4(C)C=CC=CC4(C)C4(C)C=CC=CC4(C)C3(C)C2(C)C(C)=C1C1=CC(C(C)(C)C)=CC1.[Cl-].[Cl-]. The predicted molar refractivity (Wildman–Crippen MR) is 176 cm³/mol. The van der Waals surface area contributed by atoms with Crippen LogP contribution in [-0.4, -0.2) is 0 Å². The molecule has 0 amide bonds. The van der Waals surface area contributed by atoms with Crippen LogP contribution in [0.1, 0.15) is 96.4 Å². The fourth-order valence-electron chi connectivity index (χ4n) is 11.6. The Morgan fingerprint density at radius 3 is 1.70 bits per heavy atom. The molecule has 2 saturated carbocycles. The Morgan fingerprint density at radius 1 is 0.750 bits per heavy atom. The van der Waals surface area contributed by atoms with Crippen molar-refractivity contribution in [1.82, 2.24) is 0 Å². The molecule has 0 aromatic heterocycles. The van der Waals surface area contributed by atoms with Crippen molar-refractivity contribution in [2.75, 3.05) is 0 Å². The van der Waals surface area contributed by atoms with Crippen LogP contribution in [0.2, 0.25) is 3.63 Å². The molecule has 6 aliphatic carbocycles. The Kier molecular flexibility index (Phi) is 8.43. The first-order chi connectivity index (χ1) is 19.2. The van der Waals surface area contributed by atoms with Crippen molar-refractivity contribution in [1.29, 1.82) is 0 Å². The van der Waals surface area contributed by atoms with Crippen LogP contribution in [0.15, 0.2) is 106 Å². The first-order valence-electron chi connectivity index (χ1n) is 16.2. The quantitative estimate of drug-likeness (QED) is 0.336. The number of rotatable bonds is 1. The summed E-state index contributed by atoms with van der Waals surface area (Å²) in [6.07, 6.45) is 28.6. The van der Waals surface area contributed by atoms with Crippen LogP contribution in [0.3, 0.4) is 0 Å². The first kappa shape index (κ1) is 36.0. The average Bonchev–Trinajstić information content (AvgIpc) is 3.46. The molecule has 0 aromatic rings. The van der Waals surface area contributed by atoms with Gasteiger partial charge in [-0.2, -0.15) is 0 Å². The van der Waals surface area contributed by atoms with Gasteiger partial charge in [0, 0.05) is 0 Å². The van der Waals surface area contributed by atoms with Gasteiger partial charge in [0.05, 0.1) is 0 Å². The third kappa shape index (κ3) is 3.52. The van der Waals surface area contributed by atoms with Crippen LogP contribution >= 0.6 is 0 Å². The van der Waals surface area contributed by atoms with Gasteiger partial charge >= 0.3 is 274 Å². The third-order valence-electron chi connectivity index (χ3n) is 15.1. The van der Waals surface area contributed by atoms with Gasteiger partial charge in [0.25, 0.3) is 0 Å². The predicted octanol–water partition coefficient (Wildman–Crippen LogP) is 5.55. The Morgan fingerprint density at radius 2 is 1.23 bits per heavy atom. The maximum atomic E-state index is 2.72. The second-order valence-corrected chi connectivity index (χ2v) is 18.3. The zero-order chi connectivity index (χ0) is 31.1. The molecule has 0 bridgehead atoms. The van der Waals surface area contributed by atoms with Crippen molar-refractivity contribution >= 4 is 0 Å². The molecular weight excluding hydrogens is 655 g/mol. The van der Waals surface area contributed by atoms with E-state index in [-0.39, 0.29) is 68.1 Å². The molecule has 44 heavy (non-hydrogen) atoms. The normalized spacial score (nSPS) is 44.9. The number of halogens is 2. The zero-order valence-corrected chi connectivity index (χ0v) is 33.4. The number of allylic oxidation sites excluding steroid dienone is 18. The van der Waals surface area contributed by atoms with Crippen LogP contribution in [-0.2, 0) is 24.7 Å².